The number of alkyl halides is 4. The van der Waals surface area contributed by atoms with Gasteiger partial charge in [-0.15, -0.1) is 0 Å². The Morgan fingerprint density at radius 2 is 1.87 bits per heavy atom. The summed E-state index contributed by atoms with van der Waals surface area (Å²) in [6, 6.07) is 12.3. The lowest BCUT2D eigenvalue weighted by atomic mass is 9.90. The third kappa shape index (κ3) is 7.65. The van der Waals surface area contributed by atoms with Crippen LogP contribution in [0.3, 0.4) is 0 Å². The molecule has 0 unspecified atom stereocenters. The van der Waals surface area contributed by atoms with Crippen LogP contribution >= 0.6 is 0 Å². The van der Waals surface area contributed by atoms with Gasteiger partial charge in [-0.2, -0.15) is 23.7 Å². The summed E-state index contributed by atoms with van der Waals surface area (Å²) in [5.74, 6) is -1.77. The maximum Gasteiger partial charge on any atom is 0.451 e. The number of amides is 1. The number of piperidine rings is 1. The molecule has 1 aliphatic heterocycles. The van der Waals surface area contributed by atoms with Gasteiger partial charge in [0.15, 0.2) is 0 Å². The summed E-state index contributed by atoms with van der Waals surface area (Å²) in [7, 11) is 0. The summed E-state index contributed by atoms with van der Waals surface area (Å²) in [5.41, 5.74) is 7.42. The highest BCUT2D eigenvalue weighted by Crippen LogP contribution is 2.34. The van der Waals surface area contributed by atoms with Crippen LogP contribution in [0.1, 0.15) is 50.8 Å². The molecule has 1 saturated heterocycles. The van der Waals surface area contributed by atoms with Gasteiger partial charge in [0, 0.05) is 24.7 Å². The van der Waals surface area contributed by atoms with E-state index in [9.17, 15) is 22.4 Å². The number of hydrogen-bond acceptors (Lipinski definition) is 7. The number of likely N-dealkylation sites (tertiary alicyclic amines) is 1. The molecule has 0 aromatic heterocycles. The molecular formula is C26H32F4N6O3. The quantitative estimate of drug-likeness (QED) is 0.114. The van der Waals surface area contributed by atoms with Gasteiger partial charge in [0.25, 0.3) is 0 Å². The molecule has 3 N–H and O–H groups in total. The Bertz CT molecular complexity index is 1160. The summed E-state index contributed by atoms with van der Waals surface area (Å²) in [4.78, 5) is 14.8. The monoisotopic (exact) mass is 552 g/mol. The average Bonchev–Trinajstić information content (AvgIpc) is 2.87. The summed E-state index contributed by atoms with van der Waals surface area (Å²) in [6.45, 7) is 4.69. The van der Waals surface area contributed by atoms with Gasteiger partial charge >= 0.3 is 12.3 Å². The van der Waals surface area contributed by atoms with Crippen molar-refractivity contribution >= 4 is 17.6 Å². The number of amidine groups is 1. The van der Waals surface area contributed by atoms with E-state index in [4.69, 9.17) is 20.4 Å². The third-order valence-corrected chi connectivity index (χ3v) is 6.03. The number of benzene rings is 2. The van der Waals surface area contributed by atoms with E-state index >= 15 is 0 Å². The van der Waals surface area contributed by atoms with Gasteiger partial charge in [0.1, 0.15) is 11.4 Å². The number of ether oxygens (including phenoxy) is 2. The van der Waals surface area contributed by atoms with Gasteiger partial charge < -0.3 is 14.8 Å². The Kier molecular flexibility index (Phi) is 9.49. The number of nitrogens with one attached hydrogen (secondary N) is 3. The number of carbonyl (C=O) groups excluding carboxylic acids is 1. The largest absolute Gasteiger partial charge is 0.463 e. The first-order chi connectivity index (χ1) is 18.4. The van der Waals surface area contributed by atoms with E-state index in [1.807, 2.05) is 30.3 Å². The minimum atomic E-state index is -5.03. The van der Waals surface area contributed by atoms with Crippen molar-refractivity contribution in [2.75, 3.05) is 18.4 Å². The Labute approximate surface area is 224 Å². The van der Waals surface area contributed by atoms with Gasteiger partial charge in [0.05, 0.1) is 11.7 Å². The fraction of sp³-hybridized carbons (Fsp3) is 0.462. The van der Waals surface area contributed by atoms with Gasteiger partial charge in [-0.3, -0.25) is 10.3 Å². The molecule has 9 nitrogen and oxygen atoms in total. The SMILES string of the molecule is CC(C)(C)OC(=O)N1CCC[C@H](NCc2cc(N(N=N)C(=N)C(F)(F)F)ccc2OCF)[C@@H]1c1ccccc1. The Balaban J connectivity index is 1.92. The first kappa shape index (κ1) is 29.8. The molecule has 0 radical (unpaired) electrons. The second-order valence-corrected chi connectivity index (χ2v) is 9.96. The summed E-state index contributed by atoms with van der Waals surface area (Å²) >= 11 is 0. The van der Waals surface area contributed by atoms with Crippen LogP contribution < -0.4 is 15.1 Å². The van der Waals surface area contributed by atoms with Crippen LogP contribution in [-0.2, 0) is 11.3 Å². The molecule has 1 fully saturated rings. The molecule has 212 valence electrons. The lowest BCUT2D eigenvalue weighted by molar-refractivity contribution is -0.0611. The fourth-order valence-electron chi connectivity index (χ4n) is 4.43. The van der Waals surface area contributed by atoms with Crippen molar-refractivity contribution in [3.05, 3.63) is 59.7 Å². The van der Waals surface area contributed by atoms with Crippen LogP contribution in [0.5, 0.6) is 5.75 Å². The van der Waals surface area contributed by atoms with Crippen molar-refractivity contribution in [2.24, 2.45) is 5.22 Å². The highest BCUT2D eigenvalue weighted by Gasteiger charge is 2.40. The van der Waals surface area contributed by atoms with E-state index in [-0.39, 0.29) is 34.6 Å². The van der Waals surface area contributed by atoms with E-state index < -0.39 is 36.6 Å². The highest BCUT2D eigenvalue weighted by molar-refractivity contribution is 5.98. The number of halogens is 4. The summed E-state index contributed by atoms with van der Waals surface area (Å²) in [5, 5.41) is 13.7. The highest BCUT2D eigenvalue weighted by atomic mass is 19.4. The first-order valence-electron chi connectivity index (χ1n) is 12.3. The molecule has 13 heteroatoms. The number of rotatable bonds is 8. The number of nitrogens with zero attached hydrogens (tertiary/aromatic N) is 3. The zero-order valence-corrected chi connectivity index (χ0v) is 21.9. The van der Waals surface area contributed by atoms with Crippen LogP contribution in [0, 0.1) is 10.9 Å². The maximum atomic E-state index is 13.1. The van der Waals surface area contributed by atoms with Crippen LogP contribution in [0.25, 0.3) is 0 Å². The van der Waals surface area contributed by atoms with E-state index in [1.165, 1.54) is 12.1 Å². The zero-order chi connectivity index (χ0) is 28.8. The van der Waals surface area contributed by atoms with Crippen molar-refractivity contribution in [3.8, 4) is 5.75 Å². The average molecular weight is 553 g/mol. The van der Waals surface area contributed by atoms with E-state index in [2.05, 4.69) is 10.5 Å². The normalized spacial score (nSPS) is 17.9. The Hall–Kier alpha value is -3.74. The van der Waals surface area contributed by atoms with Crippen LogP contribution in [0.4, 0.5) is 28.0 Å². The number of anilines is 1. The van der Waals surface area contributed by atoms with E-state index in [0.717, 1.165) is 11.6 Å². The lowest BCUT2D eigenvalue weighted by Crippen LogP contribution is -2.51. The Morgan fingerprint density at radius 3 is 2.46 bits per heavy atom. The maximum absolute atomic E-state index is 13.1. The van der Waals surface area contributed by atoms with Crippen LogP contribution in [0.15, 0.2) is 53.8 Å². The predicted molar refractivity (Wildman–Crippen MR) is 136 cm³/mol. The molecule has 1 aliphatic rings. The molecule has 2 atom stereocenters. The molecule has 0 spiro atoms. The molecule has 1 heterocycles. The molecular weight excluding hydrogens is 520 g/mol. The molecule has 2 aromatic carbocycles. The second-order valence-electron chi connectivity index (χ2n) is 9.96. The predicted octanol–water partition coefficient (Wildman–Crippen LogP) is 6.51. The van der Waals surface area contributed by atoms with Gasteiger partial charge in [-0.05, 0) is 57.4 Å². The topological polar surface area (TPSA) is 114 Å². The lowest BCUT2D eigenvalue weighted by Gasteiger charge is -2.42. The molecule has 0 aliphatic carbocycles. The minimum absolute atomic E-state index is 0.0323. The number of carbonyl (C=O) groups is 1. The molecule has 2 aromatic rings. The van der Waals surface area contributed by atoms with Gasteiger partial charge in [-0.1, -0.05) is 35.6 Å². The smallest absolute Gasteiger partial charge is 0.451 e. The molecule has 39 heavy (non-hydrogen) atoms. The van der Waals surface area contributed by atoms with E-state index in [1.54, 1.807) is 25.7 Å². The fourth-order valence-corrected chi connectivity index (χ4v) is 4.43. The summed E-state index contributed by atoms with van der Waals surface area (Å²) < 4.78 is 63.2. The van der Waals surface area contributed by atoms with Crippen molar-refractivity contribution in [3.63, 3.8) is 0 Å². The van der Waals surface area contributed by atoms with Crippen molar-refractivity contribution < 1.29 is 31.8 Å². The third-order valence-electron chi connectivity index (χ3n) is 6.03. The van der Waals surface area contributed by atoms with Crippen molar-refractivity contribution in [2.45, 2.75) is 64.0 Å². The zero-order valence-electron chi connectivity index (χ0n) is 21.9. The summed E-state index contributed by atoms with van der Waals surface area (Å²) in [6.07, 6.45) is -4.16. The molecule has 1 amide bonds. The molecule has 3 rings (SSSR count). The molecule has 0 bridgehead atoms. The second kappa shape index (κ2) is 12.4. The number of hydrogen-bond donors (Lipinski definition) is 3. The standard InChI is InChI=1S/C26H32F4N6O3/c1-25(2,3)39-24(37)35-13-7-10-20(22(35)17-8-5-4-6-9-17)33-15-18-14-19(11-12-21(18)38-16-27)36(34-32)23(31)26(28,29)30/h4-6,8-9,11-12,14,20,22,31-33H,7,10,13,15-16H2,1-3H3/t20-,22-/m0/s1. The first-order valence-corrected chi connectivity index (χ1v) is 12.3. The van der Waals surface area contributed by atoms with Gasteiger partial charge in [0.2, 0.25) is 12.7 Å². The molecule has 0 saturated carbocycles. The van der Waals surface area contributed by atoms with Crippen molar-refractivity contribution in [1.29, 1.82) is 10.9 Å². The van der Waals surface area contributed by atoms with Crippen molar-refractivity contribution in [1.82, 2.24) is 10.2 Å². The van der Waals surface area contributed by atoms with Crippen LogP contribution in [0.2, 0.25) is 0 Å². The van der Waals surface area contributed by atoms with Gasteiger partial charge in [-0.25, -0.2) is 9.18 Å². The van der Waals surface area contributed by atoms with Crippen LogP contribution in [-0.4, -0.2) is 48.1 Å². The Morgan fingerprint density at radius 1 is 1.18 bits per heavy atom. The van der Waals surface area contributed by atoms with E-state index in [0.29, 0.717) is 19.4 Å². The minimum Gasteiger partial charge on any atom is -0.463 e.